The fraction of sp³-hybridized carbons (Fsp3) is 0.815. The quantitative estimate of drug-likeness (QED) is 0.148. The van der Waals surface area contributed by atoms with E-state index < -0.39 is 29.5 Å². The molecule has 0 aliphatic carbocycles. The van der Waals surface area contributed by atoms with Crippen LogP contribution in [0.3, 0.4) is 0 Å². The molecule has 0 aromatic carbocycles. The molecular formula is C27H47NO6. The molecule has 1 fully saturated rings. The topological polar surface area (TPSA) is 93.1 Å². The van der Waals surface area contributed by atoms with Gasteiger partial charge in [-0.3, -0.25) is 14.5 Å². The third-order valence-corrected chi connectivity index (χ3v) is 6.63. The van der Waals surface area contributed by atoms with E-state index in [2.05, 4.69) is 13.5 Å². The summed E-state index contributed by atoms with van der Waals surface area (Å²) in [4.78, 5) is 37.3. The van der Waals surface area contributed by atoms with E-state index in [1.165, 1.54) is 44.9 Å². The SMILES string of the molecule is C=CC(=O)O[C@H]1C[C@@H](C(=O)O)N(CCCCC(C)(C)C(=O)OCCCCCCCCCCC)C1. The lowest BCUT2D eigenvalue weighted by Crippen LogP contribution is -2.36. The van der Waals surface area contributed by atoms with E-state index in [4.69, 9.17) is 9.47 Å². The van der Waals surface area contributed by atoms with Gasteiger partial charge in [0.15, 0.2) is 0 Å². The Bertz CT molecular complexity index is 633. The Morgan fingerprint density at radius 2 is 1.62 bits per heavy atom. The molecular weight excluding hydrogens is 434 g/mol. The van der Waals surface area contributed by atoms with Crippen molar-refractivity contribution in [1.82, 2.24) is 4.90 Å². The molecule has 0 bridgehead atoms. The molecule has 0 aromatic rings. The maximum atomic E-state index is 12.5. The largest absolute Gasteiger partial charge is 0.480 e. The number of likely N-dealkylation sites (tertiary alicyclic amines) is 1. The Kier molecular flexibility index (Phi) is 14.8. The molecule has 0 spiro atoms. The molecule has 1 N–H and O–H groups in total. The second kappa shape index (κ2) is 16.7. The molecule has 1 aliphatic rings. The number of hydrogen-bond donors (Lipinski definition) is 1. The second-order valence-electron chi connectivity index (χ2n) is 10.2. The average molecular weight is 482 g/mol. The first kappa shape index (κ1) is 30.1. The predicted molar refractivity (Wildman–Crippen MR) is 134 cm³/mol. The Balaban J connectivity index is 2.21. The van der Waals surface area contributed by atoms with Gasteiger partial charge in [-0.1, -0.05) is 71.3 Å². The molecule has 0 aromatic heterocycles. The van der Waals surface area contributed by atoms with Gasteiger partial charge in [-0.05, 0) is 39.7 Å². The number of carboxylic acids is 1. The van der Waals surface area contributed by atoms with Gasteiger partial charge in [-0.2, -0.15) is 0 Å². The monoisotopic (exact) mass is 481 g/mol. The summed E-state index contributed by atoms with van der Waals surface area (Å²) in [6.07, 6.45) is 14.3. The van der Waals surface area contributed by atoms with Gasteiger partial charge in [0, 0.05) is 19.0 Å². The smallest absolute Gasteiger partial charge is 0.330 e. The van der Waals surface area contributed by atoms with Crippen LogP contribution in [-0.2, 0) is 23.9 Å². The minimum Gasteiger partial charge on any atom is -0.480 e. The first-order valence-corrected chi connectivity index (χ1v) is 13.2. The summed E-state index contributed by atoms with van der Waals surface area (Å²) in [6.45, 7) is 10.9. The van der Waals surface area contributed by atoms with E-state index in [1.54, 1.807) is 0 Å². The van der Waals surface area contributed by atoms with Crippen molar-refractivity contribution in [2.24, 2.45) is 5.41 Å². The fourth-order valence-electron chi connectivity index (χ4n) is 4.42. The Labute approximate surface area is 206 Å². The molecule has 7 heteroatoms. The van der Waals surface area contributed by atoms with Crippen LogP contribution in [0.2, 0.25) is 0 Å². The van der Waals surface area contributed by atoms with Crippen LogP contribution < -0.4 is 0 Å². The maximum absolute atomic E-state index is 12.5. The highest BCUT2D eigenvalue weighted by atomic mass is 16.5. The molecule has 0 saturated carbocycles. The lowest BCUT2D eigenvalue weighted by atomic mass is 9.87. The molecule has 1 heterocycles. The minimum absolute atomic E-state index is 0.159. The zero-order chi connectivity index (χ0) is 25.4. The van der Waals surface area contributed by atoms with Crippen LogP contribution in [-0.4, -0.2) is 59.8 Å². The van der Waals surface area contributed by atoms with Crippen LogP contribution in [0.4, 0.5) is 0 Å². The number of aliphatic carboxylic acids is 1. The number of carbonyl (C=O) groups is 3. The number of unbranched alkanes of at least 4 members (excludes halogenated alkanes) is 9. The maximum Gasteiger partial charge on any atom is 0.330 e. The zero-order valence-corrected chi connectivity index (χ0v) is 21.7. The lowest BCUT2D eigenvalue weighted by Gasteiger charge is -2.24. The van der Waals surface area contributed by atoms with Crippen LogP contribution in [0.5, 0.6) is 0 Å². The summed E-state index contributed by atoms with van der Waals surface area (Å²) in [7, 11) is 0. The van der Waals surface area contributed by atoms with E-state index in [0.717, 1.165) is 31.8 Å². The standard InChI is InChI=1S/C27H47NO6/c1-5-7-8-9-10-11-12-13-16-19-33-26(32)27(3,4)17-14-15-18-28-21-22(34-24(29)6-2)20-23(28)25(30)31/h6,22-23H,2,5,7-21H2,1,3-4H3,(H,30,31)/t22-,23-/m0/s1. The summed E-state index contributed by atoms with van der Waals surface area (Å²) < 4.78 is 10.8. The van der Waals surface area contributed by atoms with Crippen molar-refractivity contribution in [3.63, 3.8) is 0 Å². The number of rotatable bonds is 19. The van der Waals surface area contributed by atoms with E-state index in [0.29, 0.717) is 26.1 Å². The van der Waals surface area contributed by atoms with Crippen molar-refractivity contribution < 1.29 is 29.0 Å². The molecule has 7 nitrogen and oxygen atoms in total. The summed E-state index contributed by atoms with van der Waals surface area (Å²) in [6, 6.07) is -0.656. The second-order valence-corrected chi connectivity index (χ2v) is 10.2. The fourth-order valence-corrected chi connectivity index (χ4v) is 4.42. The third kappa shape index (κ3) is 12.0. The molecule has 34 heavy (non-hydrogen) atoms. The van der Waals surface area contributed by atoms with E-state index >= 15 is 0 Å². The third-order valence-electron chi connectivity index (χ3n) is 6.63. The first-order valence-electron chi connectivity index (χ1n) is 13.2. The van der Waals surface area contributed by atoms with Gasteiger partial charge in [0.2, 0.25) is 0 Å². The van der Waals surface area contributed by atoms with Crippen molar-refractivity contribution in [2.45, 2.75) is 116 Å². The van der Waals surface area contributed by atoms with Crippen LogP contribution in [0.15, 0.2) is 12.7 Å². The van der Waals surface area contributed by atoms with Crippen LogP contribution in [0.1, 0.15) is 104 Å². The highest BCUT2D eigenvalue weighted by Crippen LogP contribution is 2.27. The average Bonchev–Trinajstić information content (AvgIpc) is 3.20. The Morgan fingerprint density at radius 1 is 1.00 bits per heavy atom. The van der Waals surface area contributed by atoms with Gasteiger partial charge >= 0.3 is 17.9 Å². The van der Waals surface area contributed by atoms with Gasteiger partial charge in [0.1, 0.15) is 12.1 Å². The van der Waals surface area contributed by atoms with Crippen molar-refractivity contribution >= 4 is 17.9 Å². The van der Waals surface area contributed by atoms with Crippen molar-refractivity contribution in [3.05, 3.63) is 12.7 Å². The number of esters is 2. The van der Waals surface area contributed by atoms with Crippen LogP contribution >= 0.6 is 0 Å². The number of ether oxygens (including phenoxy) is 2. The van der Waals surface area contributed by atoms with E-state index in [1.807, 2.05) is 18.7 Å². The Hall–Kier alpha value is -1.89. The summed E-state index contributed by atoms with van der Waals surface area (Å²) >= 11 is 0. The van der Waals surface area contributed by atoms with Gasteiger partial charge in [-0.15, -0.1) is 0 Å². The number of hydrogen-bond acceptors (Lipinski definition) is 6. The van der Waals surface area contributed by atoms with Gasteiger partial charge in [-0.25, -0.2) is 4.79 Å². The number of carbonyl (C=O) groups excluding carboxylic acids is 2. The molecule has 0 amide bonds. The highest BCUT2D eigenvalue weighted by Gasteiger charge is 2.38. The summed E-state index contributed by atoms with van der Waals surface area (Å²) in [5.41, 5.74) is -0.557. The van der Waals surface area contributed by atoms with Crippen molar-refractivity contribution in [1.29, 1.82) is 0 Å². The highest BCUT2D eigenvalue weighted by molar-refractivity contribution is 5.81. The molecule has 2 atom stereocenters. The molecule has 1 saturated heterocycles. The van der Waals surface area contributed by atoms with Crippen LogP contribution in [0, 0.1) is 5.41 Å². The van der Waals surface area contributed by atoms with E-state index in [-0.39, 0.29) is 12.4 Å². The lowest BCUT2D eigenvalue weighted by molar-refractivity contribution is -0.154. The van der Waals surface area contributed by atoms with Crippen molar-refractivity contribution in [3.8, 4) is 0 Å². The van der Waals surface area contributed by atoms with Gasteiger partial charge in [0.05, 0.1) is 12.0 Å². The van der Waals surface area contributed by atoms with E-state index in [9.17, 15) is 19.5 Å². The number of carboxylic acid groups (broad SMARTS) is 1. The molecule has 0 unspecified atom stereocenters. The zero-order valence-electron chi connectivity index (χ0n) is 21.7. The number of nitrogens with zero attached hydrogens (tertiary/aromatic N) is 1. The molecule has 1 rings (SSSR count). The van der Waals surface area contributed by atoms with Crippen molar-refractivity contribution in [2.75, 3.05) is 19.7 Å². The molecule has 0 radical (unpaired) electrons. The van der Waals surface area contributed by atoms with Gasteiger partial charge < -0.3 is 14.6 Å². The summed E-state index contributed by atoms with van der Waals surface area (Å²) in [5, 5.41) is 9.48. The minimum atomic E-state index is -0.905. The first-order chi connectivity index (χ1) is 16.2. The van der Waals surface area contributed by atoms with Crippen LogP contribution in [0.25, 0.3) is 0 Å². The van der Waals surface area contributed by atoms with Gasteiger partial charge in [0.25, 0.3) is 0 Å². The molecule has 196 valence electrons. The summed E-state index contributed by atoms with van der Waals surface area (Å²) in [5.74, 6) is -1.59. The normalized spacial score (nSPS) is 18.6. The predicted octanol–water partition coefficient (Wildman–Crippen LogP) is 5.51. The Morgan fingerprint density at radius 3 is 2.21 bits per heavy atom. The molecule has 1 aliphatic heterocycles.